The molecular weight excluding hydrogens is 316 g/mol. The number of hydrogen-bond donors (Lipinski definition) is 1. The Morgan fingerprint density at radius 1 is 1.40 bits per heavy atom. The lowest BCUT2D eigenvalue weighted by Crippen LogP contribution is -2.51. The molecule has 2 heterocycles. The van der Waals surface area contributed by atoms with Crippen molar-refractivity contribution in [3.05, 3.63) is 47.7 Å². The SMILES string of the molecule is Cc1cc(NC(=O)N(C)[C@@H]2CCN(Cc3ccccc3)C[C@@H]2C)no1. The van der Waals surface area contributed by atoms with Gasteiger partial charge in [0.2, 0.25) is 0 Å². The van der Waals surface area contributed by atoms with Gasteiger partial charge in [-0.05, 0) is 24.8 Å². The lowest BCUT2D eigenvalue weighted by atomic mass is 9.92. The number of anilines is 1. The predicted molar refractivity (Wildman–Crippen MR) is 97.3 cm³/mol. The second kappa shape index (κ2) is 7.70. The molecule has 2 aromatic rings. The summed E-state index contributed by atoms with van der Waals surface area (Å²) in [5.74, 6) is 1.55. The third-order valence-corrected chi connectivity index (χ3v) is 4.87. The van der Waals surface area contributed by atoms with Crippen LogP contribution < -0.4 is 5.32 Å². The molecule has 1 aromatic carbocycles. The van der Waals surface area contributed by atoms with Gasteiger partial charge in [0, 0.05) is 38.8 Å². The number of nitrogens with zero attached hydrogens (tertiary/aromatic N) is 3. The van der Waals surface area contributed by atoms with Crippen molar-refractivity contribution >= 4 is 11.8 Å². The molecule has 2 atom stereocenters. The Kier molecular flexibility index (Phi) is 5.38. The largest absolute Gasteiger partial charge is 0.360 e. The Morgan fingerprint density at radius 2 is 2.16 bits per heavy atom. The van der Waals surface area contributed by atoms with E-state index in [4.69, 9.17) is 4.52 Å². The third kappa shape index (κ3) is 4.39. The maximum Gasteiger partial charge on any atom is 0.323 e. The number of nitrogens with one attached hydrogen (secondary N) is 1. The smallest absolute Gasteiger partial charge is 0.323 e. The van der Waals surface area contributed by atoms with E-state index in [0.29, 0.717) is 17.5 Å². The summed E-state index contributed by atoms with van der Waals surface area (Å²) >= 11 is 0. The first-order chi connectivity index (χ1) is 12.0. The van der Waals surface area contributed by atoms with E-state index in [1.165, 1.54) is 5.56 Å². The van der Waals surface area contributed by atoms with Crippen LogP contribution in [-0.4, -0.2) is 47.2 Å². The Hall–Kier alpha value is -2.34. The molecule has 1 saturated heterocycles. The van der Waals surface area contributed by atoms with Crippen LogP contribution in [0.2, 0.25) is 0 Å². The highest BCUT2D eigenvalue weighted by Gasteiger charge is 2.31. The van der Waals surface area contributed by atoms with Gasteiger partial charge in [0.25, 0.3) is 0 Å². The molecule has 6 heteroatoms. The molecule has 1 aliphatic rings. The van der Waals surface area contributed by atoms with Crippen LogP contribution in [0.3, 0.4) is 0 Å². The molecule has 0 radical (unpaired) electrons. The number of amides is 2. The standard InChI is InChI=1S/C19H26N4O2/c1-14-12-23(13-16-7-5-4-6-8-16)10-9-17(14)22(3)19(24)20-18-11-15(2)25-21-18/h4-8,11,14,17H,9-10,12-13H2,1-3H3,(H,20,21,24)/t14-,17+/m0/s1. The van der Waals surface area contributed by atoms with Crippen LogP contribution in [0, 0.1) is 12.8 Å². The molecule has 134 valence electrons. The van der Waals surface area contributed by atoms with Gasteiger partial charge in [-0.2, -0.15) is 0 Å². The van der Waals surface area contributed by atoms with Crippen LogP contribution >= 0.6 is 0 Å². The fourth-order valence-electron chi connectivity index (χ4n) is 3.55. The number of benzene rings is 1. The highest BCUT2D eigenvalue weighted by Crippen LogP contribution is 2.23. The van der Waals surface area contributed by atoms with Crippen molar-refractivity contribution in [2.45, 2.75) is 32.9 Å². The molecule has 0 bridgehead atoms. The van der Waals surface area contributed by atoms with Gasteiger partial charge in [-0.1, -0.05) is 42.4 Å². The fraction of sp³-hybridized carbons (Fsp3) is 0.474. The quantitative estimate of drug-likeness (QED) is 0.925. The van der Waals surface area contributed by atoms with Crippen molar-refractivity contribution in [1.82, 2.24) is 15.0 Å². The summed E-state index contributed by atoms with van der Waals surface area (Å²) in [5.41, 5.74) is 1.33. The zero-order valence-corrected chi connectivity index (χ0v) is 15.1. The Bertz CT molecular complexity index is 700. The summed E-state index contributed by atoms with van der Waals surface area (Å²) in [6.45, 7) is 6.96. The average Bonchev–Trinajstić information content (AvgIpc) is 3.00. The maximum absolute atomic E-state index is 12.5. The number of hydrogen-bond acceptors (Lipinski definition) is 4. The van der Waals surface area contributed by atoms with Crippen molar-refractivity contribution in [2.75, 3.05) is 25.5 Å². The summed E-state index contributed by atoms with van der Waals surface area (Å²) in [6.07, 6.45) is 0.968. The molecule has 0 unspecified atom stereocenters. The van der Waals surface area contributed by atoms with Gasteiger partial charge in [0.15, 0.2) is 5.82 Å². The van der Waals surface area contributed by atoms with E-state index in [2.05, 4.69) is 46.6 Å². The second-order valence-electron chi connectivity index (χ2n) is 6.92. The molecule has 1 fully saturated rings. The molecule has 1 N–H and O–H groups in total. The highest BCUT2D eigenvalue weighted by atomic mass is 16.5. The highest BCUT2D eigenvalue weighted by molar-refractivity contribution is 5.88. The van der Waals surface area contributed by atoms with E-state index < -0.39 is 0 Å². The minimum Gasteiger partial charge on any atom is -0.360 e. The zero-order chi connectivity index (χ0) is 17.8. The van der Waals surface area contributed by atoms with Gasteiger partial charge >= 0.3 is 6.03 Å². The van der Waals surface area contributed by atoms with Crippen LogP contribution in [0.4, 0.5) is 10.6 Å². The normalized spacial score (nSPS) is 21.1. The molecule has 2 amide bonds. The van der Waals surface area contributed by atoms with Crippen LogP contribution in [0.1, 0.15) is 24.7 Å². The molecule has 1 aromatic heterocycles. The van der Waals surface area contributed by atoms with Crippen LogP contribution in [0.25, 0.3) is 0 Å². The number of carbonyl (C=O) groups is 1. The maximum atomic E-state index is 12.5. The predicted octanol–water partition coefficient (Wildman–Crippen LogP) is 3.36. The van der Waals surface area contributed by atoms with Crippen molar-refractivity contribution in [3.8, 4) is 0 Å². The van der Waals surface area contributed by atoms with E-state index in [0.717, 1.165) is 26.1 Å². The first-order valence-corrected chi connectivity index (χ1v) is 8.76. The van der Waals surface area contributed by atoms with Crippen LogP contribution in [0.5, 0.6) is 0 Å². The van der Waals surface area contributed by atoms with E-state index in [1.54, 1.807) is 17.9 Å². The summed E-state index contributed by atoms with van der Waals surface area (Å²) in [4.78, 5) is 16.7. The number of likely N-dealkylation sites (tertiary alicyclic amines) is 1. The summed E-state index contributed by atoms with van der Waals surface area (Å²) < 4.78 is 4.99. The number of rotatable bonds is 4. The minimum atomic E-state index is -0.137. The molecule has 0 spiro atoms. The second-order valence-corrected chi connectivity index (χ2v) is 6.92. The zero-order valence-electron chi connectivity index (χ0n) is 15.1. The molecule has 0 saturated carbocycles. The monoisotopic (exact) mass is 342 g/mol. The molecular formula is C19H26N4O2. The number of aromatic nitrogens is 1. The van der Waals surface area contributed by atoms with E-state index in [-0.39, 0.29) is 12.1 Å². The summed E-state index contributed by atoms with van der Waals surface area (Å²) in [7, 11) is 1.86. The summed E-state index contributed by atoms with van der Waals surface area (Å²) in [6, 6.07) is 12.3. The van der Waals surface area contributed by atoms with E-state index in [1.807, 2.05) is 13.1 Å². The van der Waals surface area contributed by atoms with Gasteiger partial charge in [-0.3, -0.25) is 10.2 Å². The van der Waals surface area contributed by atoms with E-state index >= 15 is 0 Å². The van der Waals surface area contributed by atoms with Crippen molar-refractivity contribution < 1.29 is 9.32 Å². The molecule has 6 nitrogen and oxygen atoms in total. The molecule has 3 rings (SSSR count). The van der Waals surface area contributed by atoms with Crippen molar-refractivity contribution in [3.63, 3.8) is 0 Å². The van der Waals surface area contributed by atoms with Crippen molar-refractivity contribution in [2.24, 2.45) is 5.92 Å². The molecule has 1 aliphatic heterocycles. The first kappa shape index (κ1) is 17.5. The minimum absolute atomic E-state index is 0.137. The van der Waals surface area contributed by atoms with Crippen molar-refractivity contribution in [1.29, 1.82) is 0 Å². The average molecular weight is 342 g/mol. The summed E-state index contributed by atoms with van der Waals surface area (Å²) in [5, 5.41) is 6.62. The van der Waals surface area contributed by atoms with Gasteiger partial charge in [0.1, 0.15) is 5.76 Å². The number of piperidine rings is 1. The van der Waals surface area contributed by atoms with Gasteiger partial charge in [-0.15, -0.1) is 0 Å². The van der Waals surface area contributed by atoms with Gasteiger partial charge in [-0.25, -0.2) is 4.79 Å². The first-order valence-electron chi connectivity index (χ1n) is 8.76. The number of aryl methyl sites for hydroxylation is 1. The molecule has 0 aliphatic carbocycles. The number of carbonyl (C=O) groups excluding carboxylic acids is 1. The Labute approximate surface area is 148 Å². The molecule has 25 heavy (non-hydrogen) atoms. The van der Waals surface area contributed by atoms with Gasteiger partial charge in [0.05, 0.1) is 0 Å². The topological polar surface area (TPSA) is 61.6 Å². The number of urea groups is 1. The lowest BCUT2D eigenvalue weighted by Gasteiger charge is -2.41. The Balaban J connectivity index is 1.54. The third-order valence-electron chi connectivity index (χ3n) is 4.87. The van der Waals surface area contributed by atoms with Gasteiger partial charge < -0.3 is 9.42 Å². The fourth-order valence-corrected chi connectivity index (χ4v) is 3.55. The lowest BCUT2D eigenvalue weighted by molar-refractivity contribution is 0.0933. The Morgan fingerprint density at radius 3 is 2.80 bits per heavy atom. The van der Waals surface area contributed by atoms with Crippen LogP contribution in [-0.2, 0) is 6.54 Å². The van der Waals surface area contributed by atoms with E-state index in [9.17, 15) is 4.79 Å². The van der Waals surface area contributed by atoms with Crippen LogP contribution in [0.15, 0.2) is 40.9 Å².